The van der Waals surface area contributed by atoms with Crippen LogP contribution in [0.1, 0.15) is 73.6 Å². The lowest BCUT2D eigenvalue weighted by Crippen LogP contribution is -2.17. The molecule has 0 radical (unpaired) electrons. The lowest BCUT2D eigenvalue weighted by Gasteiger charge is -2.19. The highest BCUT2D eigenvalue weighted by molar-refractivity contribution is 6.05. The van der Waals surface area contributed by atoms with Gasteiger partial charge in [0.25, 0.3) is 5.91 Å². The highest BCUT2D eigenvalue weighted by Crippen LogP contribution is 2.33. The van der Waals surface area contributed by atoms with E-state index in [0.29, 0.717) is 23.0 Å². The van der Waals surface area contributed by atoms with Crippen molar-refractivity contribution >= 4 is 17.4 Å². The van der Waals surface area contributed by atoms with Gasteiger partial charge in [0.2, 0.25) is 0 Å². The number of alkyl halides is 1. The number of nitrogens with one attached hydrogen (secondary N) is 1. The first kappa shape index (κ1) is 20.3. The number of imidazole rings is 1. The second-order valence-electron chi connectivity index (χ2n) is 8.09. The fourth-order valence-electron chi connectivity index (χ4n) is 3.96. The largest absolute Gasteiger partial charge is 0.490 e. The molecule has 0 spiro atoms. The van der Waals surface area contributed by atoms with Crippen LogP contribution in [0.5, 0.6) is 5.75 Å². The van der Waals surface area contributed by atoms with Crippen LogP contribution in [-0.4, -0.2) is 26.4 Å². The number of pyridine rings is 2. The third kappa shape index (κ3) is 4.45. The number of amides is 1. The average molecular weight is 410 g/mol. The summed E-state index contributed by atoms with van der Waals surface area (Å²) in [6, 6.07) is 6.69. The number of ether oxygens (including phenoxy) is 1. The fourth-order valence-corrected chi connectivity index (χ4v) is 3.96. The quantitative estimate of drug-likeness (QED) is 0.600. The van der Waals surface area contributed by atoms with E-state index in [1.807, 2.05) is 30.5 Å². The Bertz CT molecular complexity index is 1040. The van der Waals surface area contributed by atoms with Crippen LogP contribution in [-0.2, 0) is 6.67 Å². The first-order chi connectivity index (χ1) is 14.5. The van der Waals surface area contributed by atoms with Gasteiger partial charge in [-0.25, -0.2) is 14.4 Å². The highest BCUT2D eigenvalue weighted by Gasteiger charge is 2.21. The maximum absolute atomic E-state index is 13.0. The summed E-state index contributed by atoms with van der Waals surface area (Å²) < 4.78 is 20.7. The molecule has 1 amide bonds. The molecule has 1 N–H and O–H groups in total. The van der Waals surface area contributed by atoms with Crippen molar-refractivity contribution in [1.82, 2.24) is 14.4 Å². The first-order valence-electron chi connectivity index (χ1n) is 10.6. The van der Waals surface area contributed by atoms with E-state index in [-0.39, 0.29) is 17.7 Å². The van der Waals surface area contributed by atoms with Crippen molar-refractivity contribution in [2.24, 2.45) is 0 Å². The van der Waals surface area contributed by atoms with Gasteiger partial charge in [0, 0.05) is 24.4 Å². The Labute approximate surface area is 175 Å². The number of nitrogens with zero attached hydrogens (tertiary/aromatic N) is 3. The number of halogens is 1. The average Bonchev–Trinajstić information content (AvgIpc) is 3.16. The summed E-state index contributed by atoms with van der Waals surface area (Å²) in [4.78, 5) is 21.9. The molecule has 3 heterocycles. The van der Waals surface area contributed by atoms with Gasteiger partial charge in [0.05, 0.1) is 23.1 Å². The van der Waals surface area contributed by atoms with Crippen molar-refractivity contribution in [3.63, 3.8) is 0 Å². The van der Waals surface area contributed by atoms with Crippen molar-refractivity contribution in [3.8, 4) is 5.75 Å². The molecule has 4 rings (SSSR count). The Morgan fingerprint density at radius 3 is 2.77 bits per heavy atom. The molecule has 7 heteroatoms. The number of carbonyl (C=O) groups is 1. The number of hydrogen-bond acceptors (Lipinski definition) is 4. The zero-order chi connectivity index (χ0) is 21.1. The molecular weight excluding hydrogens is 383 g/mol. The topological polar surface area (TPSA) is 68.5 Å². The van der Waals surface area contributed by atoms with E-state index < -0.39 is 6.67 Å². The summed E-state index contributed by atoms with van der Waals surface area (Å²) in [6.07, 6.45) is 9.74. The monoisotopic (exact) mass is 410 g/mol. The van der Waals surface area contributed by atoms with E-state index in [1.165, 1.54) is 19.3 Å². The molecule has 0 aromatic carbocycles. The zero-order valence-corrected chi connectivity index (χ0v) is 17.4. The Morgan fingerprint density at radius 2 is 2.03 bits per heavy atom. The Morgan fingerprint density at radius 1 is 1.23 bits per heavy atom. The van der Waals surface area contributed by atoms with Gasteiger partial charge in [-0.2, -0.15) is 0 Å². The van der Waals surface area contributed by atoms with Crippen LogP contribution in [0.4, 0.5) is 10.2 Å². The Kier molecular flexibility index (Phi) is 5.97. The molecule has 0 bridgehead atoms. The minimum Gasteiger partial charge on any atom is -0.490 e. The van der Waals surface area contributed by atoms with E-state index in [0.717, 1.165) is 24.2 Å². The molecule has 0 atom stereocenters. The molecule has 1 fully saturated rings. The summed E-state index contributed by atoms with van der Waals surface area (Å²) in [5.74, 6) is 0.888. The molecule has 158 valence electrons. The maximum Gasteiger partial charge on any atom is 0.262 e. The molecule has 3 aromatic rings. The number of fused-ring (bicyclic) bond motifs is 1. The van der Waals surface area contributed by atoms with Crippen LogP contribution < -0.4 is 10.1 Å². The predicted octanol–water partition coefficient (Wildman–Crippen LogP) is 5.29. The van der Waals surface area contributed by atoms with Crippen molar-refractivity contribution in [2.75, 3.05) is 5.32 Å². The summed E-state index contributed by atoms with van der Waals surface area (Å²) in [7, 11) is 0. The van der Waals surface area contributed by atoms with Crippen molar-refractivity contribution < 1.29 is 13.9 Å². The lowest BCUT2D eigenvalue weighted by atomic mass is 9.87. The minimum atomic E-state index is -0.684. The van der Waals surface area contributed by atoms with E-state index in [4.69, 9.17) is 9.72 Å². The normalized spacial score (nSPS) is 14.9. The number of rotatable bonds is 6. The molecule has 1 aliphatic rings. The number of carbonyl (C=O) groups excluding carboxylic acids is 1. The van der Waals surface area contributed by atoms with E-state index in [9.17, 15) is 9.18 Å². The number of hydrogen-bond donors (Lipinski definition) is 1. The van der Waals surface area contributed by atoms with Gasteiger partial charge < -0.3 is 14.5 Å². The first-order valence-corrected chi connectivity index (χ1v) is 10.6. The molecule has 1 saturated carbocycles. The summed E-state index contributed by atoms with van der Waals surface area (Å²) >= 11 is 0. The van der Waals surface area contributed by atoms with Gasteiger partial charge in [0.1, 0.15) is 23.9 Å². The summed E-state index contributed by atoms with van der Waals surface area (Å²) in [6.45, 7) is 3.14. The Hall–Kier alpha value is -2.96. The van der Waals surface area contributed by atoms with Crippen molar-refractivity contribution in [3.05, 3.63) is 53.6 Å². The van der Waals surface area contributed by atoms with Crippen LogP contribution in [0.15, 0.2) is 36.7 Å². The third-order valence-electron chi connectivity index (χ3n) is 5.39. The predicted molar refractivity (Wildman–Crippen MR) is 114 cm³/mol. The standard InChI is InChI=1S/C23H27FN4O2/c1-15(2)30-20-11-22-26-19(16-7-4-3-5-8-16)14-28(22)13-18(20)23(29)27-21-10-6-9-17(12-24)25-21/h6,9-11,13-16H,3-5,7-8,12H2,1-2H3,(H,25,27,29). The van der Waals surface area contributed by atoms with Crippen molar-refractivity contribution in [2.45, 2.75) is 64.6 Å². The zero-order valence-electron chi connectivity index (χ0n) is 17.4. The Balaban J connectivity index is 1.67. The van der Waals surface area contributed by atoms with Gasteiger partial charge in [-0.05, 0) is 38.8 Å². The molecule has 3 aromatic heterocycles. The molecule has 0 unspecified atom stereocenters. The number of aromatic nitrogens is 3. The molecular formula is C23H27FN4O2. The second kappa shape index (κ2) is 8.81. The molecule has 1 aliphatic carbocycles. The third-order valence-corrected chi connectivity index (χ3v) is 5.39. The van der Waals surface area contributed by atoms with Gasteiger partial charge in [0.15, 0.2) is 0 Å². The van der Waals surface area contributed by atoms with Crippen LogP contribution in [0.25, 0.3) is 5.65 Å². The number of anilines is 1. The van der Waals surface area contributed by atoms with Gasteiger partial charge >= 0.3 is 0 Å². The molecule has 6 nitrogen and oxygen atoms in total. The molecule has 0 saturated heterocycles. The molecule has 0 aliphatic heterocycles. The van der Waals surface area contributed by atoms with Crippen molar-refractivity contribution in [1.29, 1.82) is 0 Å². The molecule has 30 heavy (non-hydrogen) atoms. The lowest BCUT2D eigenvalue weighted by molar-refractivity contribution is 0.102. The highest BCUT2D eigenvalue weighted by atomic mass is 19.1. The van der Waals surface area contributed by atoms with E-state index in [1.54, 1.807) is 24.4 Å². The van der Waals surface area contributed by atoms with Gasteiger partial charge in [-0.1, -0.05) is 25.3 Å². The smallest absolute Gasteiger partial charge is 0.262 e. The maximum atomic E-state index is 13.0. The van der Waals surface area contributed by atoms with E-state index >= 15 is 0 Å². The fraction of sp³-hybridized carbons (Fsp3) is 0.435. The van der Waals surface area contributed by atoms with Gasteiger partial charge in [-0.3, -0.25) is 4.79 Å². The minimum absolute atomic E-state index is 0.0974. The SMILES string of the molecule is CC(C)Oc1cc2nc(C3CCCCC3)cn2cc1C(=O)Nc1cccc(CF)n1. The van der Waals surface area contributed by atoms with E-state index in [2.05, 4.69) is 10.3 Å². The summed E-state index contributed by atoms with van der Waals surface area (Å²) in [5, 5.41) is 2.75. The van der Waals surface area contributed by atoms with Crippen LogP contribution in [0.3, 0.4) is 0 Å². The van der Waals surface area contributed by atoms with Crippen LogP contribution in [0, 0.1) is 0 Å². The second-order valence-corrected chi connectivity index (χ2v) is 8.09. The van der Waals surface area contributed by atoms with Crippen LogP contribution in [0.2, 0.25) is 0 Å². The van der Waals surface area contributed by atoms with Gasteiger partial charge in [-0.15, -0.1) is 0 Å². The summed E-state index contributed by atoms with van der Waals surface area (Å²) in [5.41, 5.74) is 2.49. The van der Waals surface area contributed by atoms with Crippen LogP contribution >= 0.6 is 0 Å².